The summed E-state index contributed by atoms with van der Waals surface area (Å²) in [7, 11) is 1.70. The summed E-state index contributed by atoms with van der Waals surface area (Å²) in [5.41, 5.74) is 0. The lowest BCUT2D eigenvalue weighted by Crippen LogP contribution is -2.38. The maximum absolute atomic E-state index is 5.12. The van der Waals surface area contributed by atoms with Gasteiger partial charge in [-0.15, -0.1) is 30.4 Å². The van der Waals surface area contributed by atoms with Gasteiger partial charge < -0.3 is 10.6 Å². The SMILES string of the molecule is C#CCNC(=NC)NCCn1cncn1.I. The van der Waals surface area contributed by atoms with E-state index >= 15 is 0 Å². The van der Waals surface area contributed by atoms with Gasteiger partial charge in [0, 0.05) is 13.6 Å². The summed E-state index contributed by atoms with van der Waals surface area (Å²) in [5.74, 6) is 3.16. The second-order valence-electron chi connectivity index (χ2n) is 2.72. The molecule has 0 saturated heterocycles. The molecule has 1 rings (SSSR count). The van der Waals surface area contributed by atoms with Gasteiger partial charge in [0.1, 0.15) is 12.7 Å². The summed E-state index contributed by atoms with van der Waals surface area (Å²) in [6, 6.07) is 0. The van der Waals surface area contributed by atoms with Crippen LogP contribution in [0.15, 0.2) is 17.6 Å². The van der Waals surface area contributed by atoms with Crippen LogP contribution in [-0.4, -0.2) is 40.9 Å². The second-order valence-corrected chi connectivity index (χ2v) is 2.72. The Kier molecular flexibility index (Phi) is 8.24. The van der Waals surface area contributed by atoms with E-state index in [1.807, 2.05) is 0 Å². The number of terminal acetylenes is 1. The van der Waals surface area contributed by atoms with Crippen LogP contribution in [0.4, 0.5) is 0 Å². The Hall–Kier alpha value is -1.30. The van der Waals surface area contributed by atoms with Gasteiger partial charge >= 0.3 is 0 Å². The van der Waals surface area contributed by atoms with E-state index in [0.29, 0.717) is 19.0 Å². The molecule has 0 unspecified atom stereocenters. The molecule has 16 heavy (non-hydrogen) atoms. The maximum atomic E-state index is 5.12. The smallest absolute Gasteiger partial charge is 0.191 e. The number of hydrogen-bond donors (Lipinski definition) is 2. The van der Waals surface area contributed by atoms with E-state index in [2.05, 4.69) is 31.6 Å². The van der Waals surface area contributed by atoms with Gasteiger partial charge in [-0.05, 0) is 0 Å². The first-order valence-corrected chi connectivity index (χ1v) is 4.57. The highest BCUT2D eigenvalue weighted by Gasteiger charge is 1.95. The highest BCUT2D eigenvalue weighted by molar-refractivity contribution is 14.0. The van der Waals surface area contributed by atoms with Crippen molar-refractivity contribution in [1.82, 2.24) is 25.4 Å². The van der Waals surface area contributed by atoms with Crippen molar-refractivity contribution in [2.45, 2.75) is 6.54 Å². The van der Waals surface area contributed by atoms with Crippen LogP contribution in [0, 0.1) is 12.3 Å². The van der Waals surface area contributed by atoms with Gasteiger partial charge in [-0.2, -0.15) is 5.10 Å². The minimum atomic E-state index is 0. The first kappa shape index (κ1) is 14.7. The van der Waals surface area contributed by atoms with Gasteiger partial charge in [0.2, 0.25) is 0 Å². The summed E-state index contributed by atoms with van der Waals surface area (Å²) >= 11 is 0. The highest BCUT2D eigenvalue weighted by atomic mass is 127. The minimum Gasteiger partial charge on any atom is -0.355 e. The molecule has 0 fully saturated rings. The van der Waals surface area contributed by atoms with Gasteiger partial charge in [-0.25, -0.2) is 4.98 Å². The molecule has 0 bridgehead atoms. The Balaban J connectivity index is 0.00000225. The van der Waals surface area contributed by atoms with Crippen molar-refractivity contribution in [3.8, 4) is 12.3 Å². The maximum Gasteiger partial charge on any atom is 0.191 e. The summed E-state index contributed by atoms with van der Waals surface area (Å²) in [6.07, 6.45) is 8.29. The minimum absolute atomic E-state index is 0. The second kappa shape index (κ2) is 8.96. The Morgan fingerprint density at radius 3 is 2.94 bits per heavy atom. The van der Waals surface area contributed by atoms with Gasteiger partial charge in [0.05, 0.1) is 13.1 Å². The van der Waals surface area contributed by atoms with E-state index in [1.165, 1.54) is 6.33 Å². The Morgan fingerprint density at radius 2 is 2.38 bits per heavy atom. The first-order valence-electron chi connectivity index (χ1n) is 4.57. The van der Waals surface area contributed by atoms with E-state index in [4.69, 9.17) is 6.42 Å². The predicted octanol–water partition coefficient (Wildman–Crippen LogP) is -0.306. The van der Waals surface area contributed by atoms with Gasteiger partial charge in [-0.1, -0.05) is 5.92 Å². The number of nitrogens with zero attached hydrogens (tertiary/aromatic N) is 4. The number of rotatable bonds is 4. The van der Waals surface area contributed by atoms with Gasteiger partial charge in [-0.3, -0.25) is 9.67 Å². The van der Waals surface area contributed by atoms with E-state index in [0.717, 1.165) is 6.54 Å². The lowest BCUT2D eigenvalue weighted by Gasteiger charge is -2.09. The van der Waals surface area contributed by atoms with Crippen LogP contribution in [0.2, 0.25) is 0 Å². The number of nitrogens with one attached hydrogen (secondary N) is 2. The number of halogens is 1. The molecule has 6 nitrogen and oxygen atoms in total. The van der Waals surface area contributed by atoms with Crippen molar-refractivity contribution in [3.63, 3.8) is 0 Å². The number of guanidine groups is 1. The molecule has 0 aliphatic carbocycles. The Labute approximate surface area is 112 Å². The zero-order valence-electron chi connectivity index (χ0n) is 9.05. The fourth-order valence-corrected chi connectivity index (χ4v) is 0.992. The van der Waals surface area contributed by atoms with Crippen molar-refractivity contribution < 1.29 is 0 Å². The van der Waals surface area contributed by atoms with Crippen LogP contribution < -0.4 is 10.6 Å². The Morgan fingerprint density at radius 1 is 1.56 bits per heavy atom. The number of hydrogen-bond acceptors (Lipinski definition) is 3. The van der Waals surface area contributed by atoms with E-state index in [1.54, 1.807) is 18.1 Å². The molecule has 1 aromatic heterocycles. The standard InChI is InChI=1S/C9H14N6.HI/c1-3-4-12-9(10-2)13-5-6-15-8-11-7-14-15;/h1,7-8H,4-6H2,2H3,(H2,10,12,13);1H. The molecule has 0 saturated carbocycles. The third-order valence-electron chi connectivity index (χ3n) is 1.68. The van der Waals surface area contributed by atoms with Crippen LogP contribution in [-0.2, 0) is 6.54 Å². The molecule has 1 aromatic rings. The molecule has 0 amide bonds. The van der Waals surface area contributed by atoms with Crippen molar-refractivity contribution in [2.75, 3.05) is 20.1 Å². The van der Waals surface area contributed by atoms with Crippen LogP contribution in [0.1, 0.15) is 0 Å². The molecule has 0 aromatic carbocycles. The largest absolute Gasteiger partial charge is 0.355 e. The van der Waals surface area contributed by atoms with Gasteiger partial charge in [0.15, 0.2) is 5.96 Å². The molecule has 2 N–H and O–H groups in total. The molecule has 0 aliphatic heterocycles. The zero-order chi connectivity index (χ0) is 10.9. The monoisotopic (exact) mass is 334 g/mol. The fourth-order valence-electron chi connectivity index (χ4n) is 0.992. The lowest BCUT2D eigenvalue weighted by atomic mass is 10.6. The molecule has 0 atom stereocenters. The van der Waals surface area contributed by atoms with Crippen LogP contribution >= 0.6 is 24.0 Å². The van der Waals surface area contributed by atoms with Crippen molar-refractivity contribution in [3.05, 3.63) is 12.7 Å². The van der Waals surface area contributed by atoms with E-state index < -0.39 is 0 Å². The third kappa shape index (κ3) is 5.55. The van der Waals surface area contributed by atoms with Gasteiger partial charge in [0.25, 0.3) is 0 Å². The van der Waals surface area contributed by atoms with Crippen molar-refractivity contribution >= 4 is 29.9 Å². The van der Waals surface area contributed by atoms with Crippen LogP contribution in [0.5, 0.6) is 0 Å². The third-order valence-corrected chi connectivity index (χ3v) is 1.68. The molecular weight excluding hydrogens is 319 g/mol. The highest BCUT2D eigenvalue weighted by Crippen LogP contribution is 1.78. The fraction of sp³-hybridized carbons (Fsp3) is 0.444. The van der Waals surface area contributed by atoms with E-state index in [9.17, 15) is 0 Å². The Bertz CT molecular complexity index is 339. The quantitative estimate of drug-likeness (QED) is 0.343. The van der Waals surface area contributed by atoms with E-state index in [-0.39, 0.29) is 24.0 Å². The molecule has 0 aliphatic rings. The summed E-state index contributed by atoms with van der Waals surface area (Å²) < 4.78 is 1.74. The van der Waals surface area contributed by atoms with Crippen molar-refractivity contribution in [2.24, 2.45) is 4.99 Å². The number of aliphatic imine (C=N–C) groups is 1. The van der Waals surface area contributed by atoms with Crippen LogP contribution in [0.3, 0.4) is 0 Å². The lowest BCUT2D eigenvalue weighted by molar-refractivity contribution is 0.597. The average molecular weight is 334 g/mol. The molecule has 0 spiro atoms. The average Bonchev–Trinajstić information content (AvgIpc) is 2.76. The zero-order valence-corrected chi connectivity index (χ0v) is 11.4. The molecule has 1 heterocycles. The normalized spacial score (nSPS) is 10.1. The first-order chi connectivity index (χ1) is 7.36. The molecule has 0 radical (unpaired) electrons. The predicted molar refractivity (Wildman–Crippen MR) is 73.6 cm³/mol. The topological polar surface area (TPSA) is 67.1 Å². The van der Waals surface area contributed by atoms with Crippen LogP contribution in [0.25, 0.3) is 0 Å². The molecule has 88 valence electrons. The molecule has 7 heteroatoms. The summed E-state index contributed by atoms with van der Waals surface area (Å²) in [5, 5.41) is 10.0. The summed E-state index contributed by atoms with van der Waals surface area (Å²) in [6.45, 7) is 1.91. The number of aromatic nitrogens is 3. The summed E-state index contributed by atoms with van der Waals surface area (Å²) in [4.78, 5) is 7.84. The van der Waals surface area contributed by atoms with Crippen molar-refractivity contribution in [1.29, 1.82) is 0 Å². The molecular formula is C9H15IN6.